The van der Waals surface area contributed by atoms with Crippen LogP contribution >= 0.6 is 0 Å². The average Bonchev–Trinajstić information content (AvgIpc) is 3.58. The number of aromatic nitrogens is 5. The quantitative estimate of drug-likeness (QED) is 0.170. The van der Waals surface area contributed by atoms with Gasteiger partial charge in [0.15, 0.2) is 0 Å². The smallest absolute Gasteiger partial charge is 0.116 e. The number of pyridine rings is 2. The molecule has 6 aromatic rings. The summed E-state index contributed by atoms with van der Waals surface area (Å²) in [6.07, 6.45) is 11.2. The first-order valence-corrected chi connectivity index (χ1v) is 14.8. The molecule has 4 N–H and O–H groups in total. The van der Waals surface area contributed by atoms with Gasteiger partial charge >= 0.3 is 0 Å². The maximum Gasteiger partial charge on any atom is 0.116 e. The molecule has 8 heteroatoms. The molecule has 0 saturated carbocycles. The topological polar surface area (TPSA) is 97.5 Å². The summed E-state index contributed by atoms with van der Waals surface area (Å²) in [5.74, 6) is 0. The summed E-state index contributed by atoms with van der Waals surface area (Å²) in [5, 5.41) is 17.3. The van der Waals surface area contributed by atoms with Crippen LogP contribution in [0.15, 0.2) is 85.5 Å². The molecule has 1 saturated heterocycles. The molecule has 1 unspecified atom stereocenters. The molecule has 0 amide bonds. The number of nitrogens with zero attached hydrogens (tertiary/aromatic N) is 4. The van der Waals surface area contributed by atoms with E-state index in [-0.39, 0.29) is 6.04 Å². The number of aromatic amines is 2. The summed E-state index contributed by atoms with van der Waals surface area (Å²) >= 11 is 0. The predicted octanol–water partition coefficient (Wildman–Crippen LogP) is 6.92. The molecule has 4 aromatic heterocycles. The molecule has 0 radical (unpaired) electrons. The van der Waals surface area contributed by atoms with Gasteiger partial charge in [-0.05, 0) is 68.6 Å². The SMILES string of the molecule is CN[C@H]1CCCN(c2cncc3[nH]c(-c4n[nH]c5ccc(-c6cncc(NC(C)c7ccccc7)c6)cc45)cc23)CC1. The maximum atomic E-state index is 4.74. The summed E-state index contributed by atoms with van der Waals surface area (Å²) in [7, 11) is 2.07. The number of nitrogens with one attached hydrogen (secondary N) is 4. The molecular weight excluding hydrogens is 520 g/mol. The van der Waals surface area contributed by atoms with Crippen LogP contribution in [0.4, 0.5) is 11.4 Å². The lowest BCUT2D eigenvalue weighted by atomic mass is 10.0. The second-order valence-corrected chi connectivity index (χ2v) is 11.3. The van der Waals surface area contributed by atoms with E-state index in [1.54, 1.807) is 0 Å². The van der Waals surface area contributed by atoms with Gasteiger partial charge in [-0.3, -0.25) is 15.1 Å². The van der Waals surface area contributed by atoms with Crippen molar-refractivity contribution in [1.29, 1.82) is 0 Å². The van der Waals surface area contributed by atoms with Crippen LogP contribution in [0.1, 0.15) is 37.8 Å². The Morgan fingerprint density at radius 2 is 1.74 bits per heavy atom. The second kappa shape index (κ2) is 11.3. The van der Waals surface area contributed by atoms with Gasteiger partial charge in [0.2, 0.25) is 0 Å². The van der Waals surface area contributed by atoms with Gasteiger partial charge in [-0.1, -0.05) is 36.4 Å². The fourth-order valence-corrected chi connectivity index (χ4v) is 6.19. The van der Waals surface area contributed by atoms with Crippen molar-refractivity contribution in [2.45, 2.75) is 38.3 Å². The van der Waals surface area contributed by atoms with Crippen molar-refractivity contribution in [2.24, 2.45) is 0 Å². The van der Waals surface area contributed by atoms with Crippen molar-refractivity contribution in [1.82, 2.24) is 30.5 Å². The first-order chi connectivity index (χ1) is 20.7. The standard InChI is InChI=1S/C34H36N8/c1-22(23-7-4-3-5-8-23)38-27-15-25(18-36-19-27)24-10-11-30-29(16-24)34(41-40-30)31-17-28-32(39-31)20-37-21-33(28)42-13-6-9-26(35-2)12-14-42/h3-5,7-8,10-11,15-22,26,35,38-39H,6,9,12-14H2,1-2H3,(H,40,41)/t22?,26-/m0/s1. The minimum atomic E-state index is 0.173. The normalized spacial score (nSPS) is 16.5. The maximum absolute atomic E-state index is 4.74. The molecule has 5 heterocycles. The van der Waals surface area contributed by atoms with Gasteiger partial charge in [-0.25, -0.2) is 0 Å². The minimum absolute atomic E-state index is 0.173. The molecule has 0 spiro atoms. The molecule has 0 aliphatic carbocycles. The number of benzene rings is 2. The van der Waals surface area contributed by atoms with Crippen LogP contribution in [-0.2, 0) is 0 Å². The average molecular weight is 557 g/mol. The van der Waals surface area contributed by atoms with Crippen LogP contribution in [0.3, 0.4) is 0 Å². The fourth-order valence-electron chi connectivity index (χ4n) is 6.19. The van der Waals surface area contributed by atoms with Gasteiger partial charge in [0.05, 0.1) is 40.5 Å². The van der Waals surface area contributed by atoms with E-state index in [1.165, 1.54) is 29.5 Å². The number of rotatable bonds is 7. The summed E-state index contributed by atoms with van der Waals surface area (Å²) in [6, 6.07) is 22.0. The van der Waals surface area contributed by atoms with Crippen LogP contribution in [0.5, 0.6) is 0 Å². The van der Waals surface area contributed by atoms with Crippen molar-refractivity contribution >= 4 is 33.2 Å². The predicted molar refractivity (Wildman–Crippen MR) is 172 cm³/mol. The Kier molecular flexibility index (Phi) is 7.05. The molecule has 1 aliphatic heterocycles. The number of hydrogen-bond donors (Lipinski definition) is 4. The van der Waals surface area contributed by atoms with Crippen LogP contribution in [-0.4, -0.2) is 51.3 Å². The van der Waals surface area contributed by atoms with E-state index in [1.807, 2.05) is 30.9 Å². The molecule has 1 fully saturated rings. The van der Waals surface area contributed by atoms with E-state index >= 15 is 0 Å². The van der Waals surface area contributed by atoms with Gasteiger partial charge in [-0.15, -0.1) is 0 Å². The Morgan fingerprint density at radius 3 is 2.62 bits per heavy atom. The Bertz CT molecular complexity index is 1820. The van der Waals surface area contributed by atoms with Crippen LogP contribution in [0, 0.1) is 0 Å². The van der Waals surface area contributed by atoms with Crippen molar-refractivity contribution < 1.29 is 0 Å². The zero-order chi connectivity index (χ0) is 28.5. The third-order valence-corrected chi connectivity index (χ3v) is 8.57. The number of H-pyrrole nitrogens is 2. The highest BCUT2D eigenvalue weighted by molar-refractivity contribution is 6.00. The van der Waals surface area contributed by atoms with Gasteiger partial charge in [0.1, 0.15) is 5.69 Å². The highest BCUT2D eigenvalue weighted by Gasteiger charge is 2.20. The molecule has 0 bridgehead atoms. The highest BCUT2D eigenvalue weighted by atomic mass is 15.1. The summed E-state index contributed by atoms with van der Waals surface area (Å²) in [4.78, 5) is 15.2. The zero-order valence-electron chi connectivity index (χ0n) is 24.1. The van der Waals surface area contributed by atoms with E-state index in [2.05, 4.69) is 104 Å². The molecule has 42 heavy (non-hydrogen) atoms. The Balaban J connectivity index is 1.20. The van der Waals surface area contributed by atoms with Gasteiger partial charge in [0.25, 0.3) is 0 Å². The highest BCUT2D eigenvalue weighted by Crippen LogP contribution is 2.35. The number of anilines is 2. The minimum Gasteiger partial charge on any atom is -0.377 e. The van der Waals surface area contributed by atoms with Gasteiger partial charge in [-0.2, -0.15) is 5.10 Å². The summed E-state index contributed by atoms with van der Waals surface area (Å²) < 4.78 is 0. The van der Waals surface area contributed by atoms with Gasteiger partial charge in [0, 0.05) is 53.9 Å². The van der Waals surface area contributed by atoms with E-state index in [4.69, 9.17) is 5.10 Å². The molecule has 2 atom stereocenters. The second-order valence-electron chi connectivity index (χ2n) is 11.3. The van der Waals surface area contributed by atoms with Crippen LogP contribution in [0.25, 0.3) is 44.3 Å². The van der Waals surface area contributed by atoms with Crippen molar-refractivity contribution in [3.63, 3.8) is 0 Å². The molecule has 212 valence electrons. The Labute approximate surface area is 245 Å². The van der Waals surface area contributed by atoms with E-state index in [0.29, 0.717) is 6.04 Å². The lowest BCUT2D eigenvalue weighted by Crippen LogP contribution is -2.28. The molecule has 2 aromatic carbocycles. The number of hydrogen-bond acceptors (Lipinski definition) is 6. The third-order valence-electron chi connectivity index (χ3n) is 8.57. The van der Waals surface area contributed by atoms with E-state index in [0.717, 1.165) is 64.1 Å². The zero-order valence-corrected chi connectivity index (χ0v) is 24.1. The molecule has 8 nitrogen and oxygen atoms in total. The molecule has 1 aliphatic rings. The Morgan fingerprint density at radius 1 is 0.857 bits per heavy atom. The van der Waals surface area contributed by atoms with Crippen LogP contribution < -0.4 is 15.5 Å². The van der Waals surface area contributed by atoms with E-state index < -0.39 is 0 Å². The van der Waals surface area contributed by atoms with Gasteiger partial charge < -0.3 is 20.5 Å². The summed E-state index contributed by atoms with van der Waals surface area (Å²) in [5.41, 5.74) is 9.47. The molecule has 7 rings (SSSR count). The van der Waals surface area contributed by atoms with Crippen molar-refractivity contribution in [3.8, 4) is 22.5 Å². The Hall–Kier alpha value is -4.69. The fraction of sp³-hybridized carbons (Fsp3) is 0.265. The first kappa shape index (κ1) is 26.2. The third kappa shape index (κ3) is 5.10. The monoisotopic (exact) mass is 556 g/mol. The lowest BCUT2D eigenvalue weighted by Gasteiger charge is -2.23. The van der Waals surface area contributed by atoms with Crippen LogP contribution in [0.2, 0.25) is 0 Å². The van der Waals surface area contributed by atoms with Crippen molar-refractivity contribution in [3.05, 3.63) is 91.0 Å². The summed E-state index contributed by atoms with van der Waals surface area (Å²) in [6.45, 7) is 4.23. The lowest BCUT2D eigenvalue weighted by molar-refractivity contribution is 0.512. The van der Waals surface area contributed by atoms with E-state index in [9.17, 15) is 0 Å². The molecular formula is C34H36N8. The first-order valence-electron chi connectivity index (χ1n) is 14.8. The van der Waals surface area contributed by atoms with Crippen molar-refractivity contribution in [2.75, 3.05) is 30.4 Å². The largest absolute Gasteiger partial charge is 0.377 e. The number of fused-ring (bicyclic) bond motifs is 2.